The Morgan fingerprint density at radius 2 is 2.13 bits per heavy atom. The summed E-state index contributed by atoms with van der Waals surface area (Å²) in [5.41, 5.74) is 2.16. The van der Waals surface area contributed by atoms with Gasteiger partial charge in [0.25, 0.3) is 0 Å². The Morgan fingerprint density at radius 1 is 1.27 bits per heavy atom. The van der Waals surface area contributed by atoms with Crippen molar-refractivity contribution in [1.29, 1.82) is 0 Å². The number of aliphatic imine (C=N–C) groups is 1. The molecule has 0 atom stereocenters. The molecule has 4 rings (SSSR count). The smallest absolute Gasteiger partial charge is 0.191 e. The molecule has 30 heavy (non-hydrogen) atoms. The summed E-state index contributed by atoms with van der Waals surface area (Å²) in [5.74, 6) is 1.66. The maximum atomic E-state index is 4.81. The fraction of sp³-hybridized carbons (Fsp3) is 0.381. The van der Waals surface area contributed by atoms with Gasteiger partial charge in [0.1, 0.15) is 6.33 Å². The van der Waals surface area contributed by atoms with E-state index in [1.54, 1.807) is 0 Å². The summed E-state index contributed by atoms with van der Waals surface area (Å²) >= 11 is 1.82. The Labute approximate surface area is 198 Å². The first-order valence-corrected chi connectivity index (χ1v) is 11.0. The van der Waals surface area contributed by atoms with E-state index in [1.807, 2.05) is 23.5 Å². The Kier molecular flexibility index (Phi) is 8.50. The number of thiophene rings is 1. The summed E-state index contributed by atoms with van der Waals surface area (Å²) in [6, 6.07) is 13.0. The zero-order chi connectivity index (χ0) is 19.9. The van der Waals surface area contributed by atoms with Crippen molar-refractivity contribution in [2.24, 2.45) is 4.99 Å². The number of hydrogen-bond donors (Lipinski definition) is 3. The predicted molar refractivity (Wildman–Crippen MR) is 135 cm³/mol. The number of hydrogen-bond acceptors (Lipinski definition) is 5. The van der Waals surface area contributed by atoms with E-state index in [1.165, 1.54) is 11.3 Å². The minimum atomic E-state index is 0. The Morgan fingerprint density at radius 3 is 2.83 bits per heavy atom. The molecule has 0 bridgehead atoms. The number of rotatable bonds is 6. The van der Waals surface area contributed by atoms with Crippen LogP contribution >= 0.6 is 35.3 Å². The molecule has 1 aliphatic rings. The Balaban J connectivity index is 0.00000256. The first kappa shape index (κ1) is 22.5. The normalized spacial score (nSPS) is 15.0. The Bertz CT molecular complexity index is 903. The van der Waals surface area contributed by atoms with E-state index in [0.29, 0.717) is 12.6 Å². The van der Waals surface area contributed by atoms with Crippen LogP contribution in [0.15, 0.2) is 53.1 Å². The fourth-order valence-corrected chi connectivity index (χ4v) is 4.32. The average molecular weight is 537 g/mol. The monoisotopic (exact) mass is 537 g/mol. The molecule has 1 saturated heterocycles. The highest BCUT2D eigenvalue weighted by atomic mass is 127. The van der Waals surface area contributed by atoms with Gasteiger partial charge >= 0.3 is 0 Å². The molecule has 1 aromatic carbocycles. The number of piperidine rings is 1. The van der Waals surface area contributed by atoms with Crippen LogP contribution in [0.4, 0.5) is 5.00 Å². The van der Waals surface area contributed by atoms with Gasteiger partial charge in [0.05, 0.1) is 11.5 Å². The number of aromatic amines is 1. The lowest BCUT2D eigenvalue weighted by Gasteiger charge is -2.33. The average Bonchev–Trinajstić information content (AvgIpc) is 3.47. The fourth-order valence-electron chi connectivity index (χ4n) is 3.54. The second kappa shape index (κ2) is 11.3. The van der Waals surface area contributed by atoms with E-state index in [4.69, 9.17) is 4.99 Å². The third-order valence-electron chi connectivity index (χ3n) is 5.03. The van der Waals surface area contributed by atoms with Crippen LogP contribution in [0.5, 0.6) is 0 Å². The van der Waals surface area contributed by atoms with Gasteiger partial charge in [-0.05, 0) is 48.9 Å². The molecule has 1 aliphatic heterocycles. The number of halogens is 1. The standard InChI is InChI=1S/C21H27N7S.HI/c1-2-22-21(26-18-8-10-28(11-9-18)19-7-4-12-29-19)23-14-16-5-3-6-17(13-16)20-24-15-25-27-20;/h3-7,12-13,15,18H,2,8-11,14H2,1H3,(H2,22,23,26)(H,24,25,27);1H. The van der Waals surface area contributed by atoms with E-state index in [0.717, 1.165) is 55.4 Å². The molecule has 3 N–H and O–H groups in total. The zero-order valence-corrected chi connectivity index (χ0v) is 20.2. The van der Waals surface area contributed by atoms with Gasteiger partial charge in [-0.15, -0.1) is 35.3 Å². The Hall–Kier alpha value is -2.14. The van der Waals surface area contributed by atoms with Crippen molar-refractivity contribution in [3.63, 3.8) is 0 Å². The van der Waals surface area contributed by atoms with Gasteiger partial charge < -0.3 is 15.5 Å². The van der Waals surface area contributed by atoms with Gasteiger partial charge in [-0.1, -0.05) is 18.2 Å². The molecule has 0 radical (unpaired) electrons. The van der Waals surface area contributed by atoms with Crippen LogP contribution in [0.1, 0.15) is 25.3 Å². The van der Waals surface area contributed by atoms with Gasteiger partial charge in [-0.25, -0.2) is 9.98 Å². The van der Waals surface area contributed by atoms with Crippen LogP contribution in [0.25, 0.3) is 11.4 Å². The maximum absolute atomic E-state index is 4.81. The van der Waals surface area contributed by atoms with E-state index in [9.17, 15) is 0 Å². The van der Waals surface area contributed by atoms with Gasteiger partial charge in [0, 0.05) is 31.2 Å². The topological polar surface area (TPSA) is 81.2 Å². The third kappa shape index (κ3) is 5.94. The van der Waals surface area contributed by atoms with Gasteiger partial charge in [0.2, 0.25) is 0 Å². The summed E-state index contributed by atoms with van der Waals surface area (Å²) in [7, 11) is 0. The number of nitrogens with one attached hydrogen (secondary N) is 3. The van der Waals surface area contributed by atoms with Crippen molar-refractivity contribution in [3.8, 4) is 11.4 Å². The van der Waals surface area contributed by atoms with Crippen LogP contribution in [0.3, 0.4) is 0 Å². The number of nitrogens with zero attached hydrogens (tertiary/aromatic N) is 4. The first-order valence-electron chi connectivity index (χ1n) is 10.1. The summed E-state index contributed by atoms with van der Waals surface area (Å²) < 4.78 is 0. The summed E-state index contributed by atoms with van der Waals surface area (Å²) in [6.07, 6.45) is 3.75. The minimum Gasteiger partial charge on any atom is -0.363 e. The molecule has 160 valence electrons. The van der Waals surface area contributed by atoms with Crippen molar-refractivity contribution in [1.82, 2.24) is 25.8 Å². The van der Waals surface area contributed by atoms with Crippen molar-refractivity contribution in [3.05, 3.63) is 53.7 Å². The molecule has 7 nitrogen and oxygen atoms in total. The maximum Gasteiger partial charge on any atom is 0.191 e. The first-order chi connectivity index (χ1) is 14.3. The summed E-state index contributed by atoms with van der Waals surface area (Å²) in [6.45, 7) is 5.72. The van der Waals surface area contributed by atoms with Crippen LogP contribution in [-0.4, -0.2) is 46.8 Å². The molecule has 3 aromatic rings. The highest BCUT2D eigenvalue weighted by molar-refractivity contribution is 14.0. The van der Waals surface area contributed by atoms with E-state index in [-0.39, 0.29) is 24.0 Å². The third-order valence-corrected chi connectivity index (χ3v) is 5.96. The quantitative estimate of drug-likeness (QED) is 0.253. The van der Waals surface area contributed by atoms with Crippen LogP contribution in [0.2, 0.25) is 0 Å². The van der Waals surface area contributed by atoms with Crippen molar-refractivity contribution in [2.75, 3.05) is 24.5 Å². The molecule has 0 aliphatic carbocycles. The van der Waals surface area contributed by atoms with E-state index < -0.39 is 0 Å². The number of anilines is 1. The number of guanidine groups is 1. The molecule has 1 fully saturated rings. The molecule has 2 aromatic heterocycles. The summed E-state index contributed by atoms with van der Waals surface area (Å²) in [4.78, 5) is 11.5. The van der Waals surface area contributed by atoms with Crippen LogP contribution < -0.4 is 15.5 Å². The number of H-pyrrole nitrogens is 1. The molecule has 0 unspecified atom stereocenters. The van der Waals surface area contributed by atoms with Gasteiger partial charge in [-0.2, -0.15) is 5.10 Å². The molecule has 0 spiro atoms. The van der Waals surface area contributed by atoms with Gasteiger partial charge in [0.15, 0.2) is 11.8 Å². The van der Waals surface area contributed by atoms with Crippen molar-refractivity contribution < 1.29 is 0 Å². The van der Waals surface area contributed by atoms with Gasteiger partial charge in [-0.3, -0.25) is 5.10 Å². The molecule has 0 saturated carbocycles. The van der Waals surface area contributed by atoms with Crippen molar-refractivity contribution >= 4 is 46.3 Å². The molecule has 9 heteroatoms. The molecule has 3 heterocycles. The highest BCUT2D eigenvalue weighted by Gasteiger charge is 2.20. The molecular weight excluding hydrogens is 509 g/mol. The van der Waals surface area contributed by atoms with Crippen LogP contribution in [-0.2, 0) is 6.54 Å². The second-order valence-corrected chi connectivity index (χ2v) is 8.01. The largest absolute Gasteiger partial charge is 0.363 e. The molecule has 0 amide bonds. The van der Waals surface area contributed by atoms with E-state index >= 15 is 0 Å². The SMILES string of the molecule is CCNC(=NCc1cccc(-c2ncn[nH]2)c1)NC1CCN(c2cccs2)CC1.I. The highest BCUT2D eigenvalue weighted by Crippen LogP contribution is 2.24. The lowest BCUT2D eigenvalue weighted by molar-refractivity contribution is 0.463. The lowest BCUT2D eigenvalue weighted by atomic mass is 10.1. The predicted octanol–water partition coefficient (Wildman–Crippen LogP) is 3.88. The number of aromatic nitrogens is 3. The molecular formula is C21H28IN7S. The van der Waals surface area contributed by atoms with E-state index in [2.05, 4.69) is 67.3 Å². The summed E-state index contributed by atoms with van der Waals surface area (Å²) in [5, 5.41) is 17.4. The van der Waals surface area contributed by atoms with Crippen LogP contribution in [0, 0.1) is 0 Å². The minimum absolute atomic E-state index is 0. The number of benzene rings is 1. The zero-order valence-electron chi connectivity index (χ0n) is 17.0. The van der Waals surface area contributed by atoms with Crippen molar-refractivity contribution in [2.45, 2.75) is 32.4 Å². The second-order valence-electron chi connectivity index (χ2n) is 7.09. The lowest BCUT2D eigenvalue weighted by Crippen LogP contribution is -2.48.